The van der Waals surface area contributed by atoms with Gasteiger partial charge in [0.25, 0.3) is 0 Å². The highest BCUT2D eigenvalue weighted by Crippen LogP contribution is 2.56. The average molecular weight is 294 g/mol. The smallest absolute Gasteiger partial charge is 0.134 e. The minimum absolute atomic E-state index is 0.0998. The third-order valence-corrected chi connectivity index (χ3v) is 5.86. The number of allylic oxidation sites excluding steroid dienone is 1. The Kier molecular flexibility index (Phi) is 3.10. The first-order valence-electron chi connectivity index (χ1n) is 8.06. The van der Waals surface area contributed by atoms with Crippen LogP contribution >= 0.6 is 0 Å². The minimum atomic E-state index is -0.561. The zero-order chi connectivity index (χ0) is 15.3. The first-order chi connectivity index (χ1) is 10.6. The van der Waals surface area contributed by atoms with Crippen LogP contribution in [-0.4, -0.2) is 27.1 Å². The van der Waals surface area contributed by atoms with Gasteiger partial charge in [-0.25, -0.2) is 0 Å². The number of fused-ring (bicyclic) bond motifs is 2. The van der Waals surface area contributed by atoms with Crippen molar-refractivity contribution in [1.82, 2.24) is 9.88 Å². The number of para-hydroxylation sites is 1. The van der Waals surface area contributed by atoms with Gasteiger partial charge < -0.3 is 5.11 Å². The van der Waals surface area contributed by atoms with E-state index in [1.807, 2.05) is 30.3 Å². The molecule has 2 fully saturated rings. The maximum Gasteiger partial charge on any atom is 0.134 e. The van der Waals surface area contributed by atoms with Crippen molar-refractivity contribution in [3.05, 3.63) is 54.7 Å². The number of pyridine rings is 1. The van der Waals surface area contributed by atoms with Crippen molar-refractivity contribution >= 4 is 10.9 Å². The van der Waals surface area contributed by atoms with Crippen LogP contribution in [0, 0.1) is 11.8 Å². The fraction of sp³-hybridized carbons (Fsp3) is 0.421. The molecule has 0 radical (unpaired) electrons. The summed E-state index contributed by atoms with van der Waals surface area (Å²) in [6.45, 7) is 7.19. The van der Waals surface area contributed by atoms with Gasteiger partial charge in [-0.05, 0) is 43.7 Å². The summed E-state index contributed by atoms with van der Waals surface area (Å²) < 4.78 is 0. The molecular weight excluding hydrogens is 272 g/mol. The van der Waals surface area contributed by atoms with Crippen molar-refractivity contribution in [2.45, 2.75) is 31.5 Å². The lowest BCUT2D eigenvalue weighted by molar-refractivity contribution is -0.0975. The van der Waals surface area contributed by atoms with E-state index in [-0.39, 0.29) is 5.54 Å². The molecule has 1 saturated carbocycles. The predicted octanol–water partition coefficient (Wildman–Crippen LogP) is 3.51. The van der Waals surface area contributed by atoms with Crippen LogP contribution in [0.1, 0.15) is 31.6 Å². The van der Waals surface area contributed by atoms with Gasteiger partial charge in [-0.2, -0.15) is 0 Å². The maximum absolute atomic E-state index is 11.0. The number of rotatable bonds is 3. The Morgan fingerprint density at radius 1 is 1.41 bits per heavy atom. The SMILES string of the molecule is C=CC1CC2(C)C1CCN2C(O)c1ccnc2ccccc12. The van der Waals surface area contributed by atoms with Crippen LogP contribution in [0.2, 0.25) is 0 Å². The topological polar surface area (TPSA) is 36.4 Å². The molecule has 3 heteroatoms. The molecule has 22 heavy (non-hydrogen) atoms. The molecule has 1 aliphatic heterocycles. The van der Waals surface area contributed by atoms with E-state index in [2.05, 4.69) is 29.5 Å². The maximum atomic E-state index is 11.0. The van der Waals surface area contributed by atoms with Gasteiger partial charge in [0, 0.05) is 29.2 Å². The Bertz CT molecular complexity index is 723. The van der Waals surface area contributed by atoms with Gasteiger partial charge in [-0.3, -0.25) is 9.88 Å². The summed E-state index contributed by atoms with van der Waals surface area (Å²) in [4.78, 5) is 6.68. The minimum Gasteiger partial charge on any atom is -0.374 e. The Labute approximate surface area is 131 Å². The summed E-state index contributed by atoms with van der Waals surface area (Å²) in [7, 11) is 0. The Morgan fingerprint density at radius 2 is 2.23 bits per heavy atom. The normalized spacial score (nSPS) is 32.5. The Hall–Kier alpha value is -1.71. The third kappa shape index (κ3) is 1.79. The first kappa shape index (κ1) is 13.9. The number of hydrogen-bond acceptors (Lipinski definition) is 3. The molecule has 4 unspecified atom stereocenters. The number of aliphatic hydroxyl groups excluding tert-OH is 1. The van der Waals surface area contributed by atoms with E-state index in [0.717, 1.165) is 35.9 Å². The van der Waals surface area contributed by atoms with Gasteiger partial charge in [0.05, 0.1) is 5.52 Å². The molecule has 0 spiro atoms. The van der Waals surface area contributed by atoms with Crippen molar-refractivity contribution in [3.8, 4) is 0 Å². The molecule has 1 saturated heterocycles. The van der Waals surface area contributed by atoms with Gasteiger partial charge >= 0.3 is 0 Å². The zero-order valence-corrected chi connectivity index (χ0v) is 12.9. The highest BCUT2D eigenvalue weighted by Gasteiger charge is 2.57. The van der Waals surface area contributed by atoms with E-state index in [1.54, 1.807) is 6.20 Å². The number of likely N-dealkylation sites (tertiary alicyclic amines) is 1. The van der Waals surface area contributed by atoms with Crippen LogP contribution in [0.15, 0.2) is 49.2 Å². The lowest BCUT2D eigenvalue weighted by atomic mass is 9.60. The number of benzene rings is 1. The van der Waals surface area contributed by atoms with E-state index in [4.69, 9.17) is 0 Å². The molecule has 1 aromatic heterocycles. The molecule has 0 bridgehead atoms. The number of nitrogens with zero attached hydrogens (tertiary/aromatic N) is 2. The molecule has 1 aliphatic carbocycles. The van der Waals surface area contributed by atoms with Crippen molar-refractivity contribution in [2.24, 2.45) is 11.8 Å². The fourth-order valence-corrected chi connectivity index (χ4v) is 4.62. The van der Waals surface area contributed by atoms with Gasteiger partial charge in [0.15, 0.2) is 0 Å². The molecule has 4 rings (SSSR count). The first-order valence-corrected chi connectivity index (χ1v) is 8.06. The predicted molar refractivity (Wildman–Crippen MR) is 88.2 cm³/mol. The molecule has 0 amide bonds. The summed E-state index contributed by atoms with van der Waals surface area (Å²) in [5, 5.41) is 12.1. The molecule has 4 atom stereocenters. The van der Waals surface area contributed by atoms with Crippen molar-refractivity contribution in [3.63, 3.8) is 0 Å². The third-order valence-electron chi connectivity index (χ3n) is 5.86. The number of hydrogen-bond donors (Lipinski definition) is 1. The fourth-order valence-electron chi connectivity index (χ4n) is 4.62. The van der Waals surface area contributed by atoms with E-state index < -0.39 is 6.23 Å². The van der Waals surface area contributed by atoms with Crippen molar-refractivity contribution in [2.75, 3.05) is 6.54 Å². The molecule has 2 aliphatic rings. The summed E-state index contributed by atoms with van der Waals surface area (Å²) in [5.74, 6) is 1.24. The lowest BCUT2D eigenvalue weighted by Gasteiger charge is -2.53. The second-order valence-electron chi connectivity index (χ2n) is 6.84. The summed E-state index contributed by atoms with van der Waals surface area (Å²) in [6.07, 6.45) is 5.57. The van der Waals surface area contributed by atoms with Crippen LogP contribution in [0.4, 0.5) is 0 Å². The van der Waals surface area contributed by atoms with Gasteiger partial charge in [-0.15, -0.1) is 6.58 Å². The van der Waals surface area contributed by atoms with E-state index >= 15 is 0 Å². The Morgan fingerprint density at radius 3 is 3.05 bits per heavy atom. The largest absolute Gasteiger partial charge is 0.374 e. The van der Waals surface area contributed by atoms with Gasteiger partial charge in [0.1, 0.15) is 6.23 Å². The summed E-state index contributed by atoms with van der Waals surface area (Å²) >= 11 is 0. The van der Waals surface area contributed by atoms with E-state index in [1.165, 1.54) is 0 Å². The monoisotopic (exact) mass is 294 g/mol. The molecule has 2 heterocycles. The average Bonchev–Trinajstić information content (AvgIpc) is 2.80. The number of aromatic nitrogens is 1. The molecular formula is C19H22N2O. The van der Waals surface area contributed by atoms with Gasteiger partial charge in [0.2, 0.25) is 0 Å². The standard InChI is InChI=1S/C19H22N2O/c1-3-13-12-19(2)16(13)9-11-21(19)18(22)15-8-10-20-17-7-5-4-6-14(15)17/h3-8,10,13,16,18,22H,1,9,11-12H2,2H3. The highest BCUT2D eigenvalue weighted by molar-refractivity contribution is 5.82. The van der Waals surface area contributed by atoms with Crippen LogP contribution in [-0.2, 0) is 0 Å². The zero-order valence-electron chi connectivity index (χ0n) is 12.9. The number of aliphatic hydroxyl groups is 1. The van der Waals surface area contributed by atoms with Gasteiger partial charge in [-0.1, -0.05) is 24.3 Å². The van der Waals surface area contributed by atoms with Crippen LogP contribution < -0.4 is 0 Å². The molecule has 3 nitrogen and oxygen atoms in total. The van der Waals surface area contributed by atoms with E-state index in [0.29, 0.717) is 11.8 Å². The molecule has 114 valence electrons. The van der Waals surface area contributed by atoms with E-state index in [9.17, 15) is 5.11 Å². The lowest BCUT2D eigenvalue weighted by Crippen LogP contribution is -2.57. The molecule has 1 N–H and O–H groups in total. The highest BCUT2D eigenvalue weighted by atomic mass is 16.3. The quantitative estimate of drug-likeness (QED) is 0.880. The van der Waals surface area contributed by atoms with Crippen molar-refractivity contribution < 1.29 is 5.11 Å². The Balaban J connectivity index is 1.70. The van der Waals surface area contributed by atoms with Crippen LogP contribution in [0.25, 0.3) is 10.9 Å². The molecule has 2 aromatic rings. The van der Waals surface area contributed by atoms with Crippen LogP contribution in [0.5, 0.6) is 0 Å². The second-order valence-corrected chi connectivity index (χ2v) is 6.84. The summed E-state index contributed by atoms with van der Waals surface area (Å²) in [5.41, 5.74) is 2.01. The van der Waals surface area contributed by atoms with Crippen LogP contribution in [0.3, 0.4) is 0 Å². The second kappa shape index (κ2) is 4.90. The summed E-state index contributed by atoms with van der Waals surface area (Å²) in [6, 6.07) is 9.99. The van der Waals surface area contributed by atoms with Crippen molar-refractivity contribution in [1.29, 1.82) is 0 Å². The molecule has 1 aromatic carbocycles.